The lowest BCUT2D eigenvalue weighted by molar-refractivity contribution is -0.117. The van der Waals surface area contributed by atoms with E-state index in [4.69, 9.17) is 11.6 Å². The number of hydrogen-bond acceptors (Lipinski definition) is 2. The first-order chi connectivity index (χ1) is 9.70. The number of carbonyl (C=O) groups excluding carboxylic acids is 1. The van der Waals surface area contributed by atoms with Gasteiger partial charge in [0, 0.05) is 21.0 Å². The normalized spacial score (nSPS) is 34.5. The van der Waals surface area contributed by atoms with Crippen LogP contribution >= 0.6 is 34.2 Å². The Morgan fingerprint density at radius 3 is 2.60 bits per heavy atom. The molecular formula is C16H19ClINO. The molecule has 2 nitrogen and oxygen atoms in total. The third-order valence-corrected chi connectivity index (χ3v) is 6.29. The second kappa shape index (κ2) is 6.32. The predicted molar refractivity (Wildman–Crippen MR) is 90.6 cm³/mol. The molecule has 108 valence electrons. The molecule has 2 fully saturated rings. The highest BCUT2D eigenvalue weighted by Crippen LogP contribution is 2.42. The van der Waals surface area contributed by atoms with Crippen LogP contribution in [0.2, 0.25) is 5.02 Å². The molecule has 2 aliphatic heterocycles. The van der Waals surface area contributed by atoms with Crippen LogP contribution in [0.3, 0.4) is 0 Å². The molecule has 1 aromatic carbocycles. The van der Waals surface area contributed by atoms with Crippen molar-refractivity contribution in [2.45, 2.75) is 54.2 Å². The van der Waals surface area contributed by atoms with Crippen molar-refractivity contribution in [1.29, 1.82) is 0 Å². The SMILES string of the molecule is O=CC1C(I)CCC2CCCC(c3ccc(Cl)cc3)N21. The van der Waals surface area contributed by atoms with Crippen LogP contribution in [0.15, 0.2) is 24.3 Å². The minimum absolute atomic E-state index is 0.0651. The lowest BCUT2D eigenvalue weighted by Crippen LogP contribution is -2.55. The zero-order valence-electron chi connectivity index (χ0n) is 11.3. The van der Waals surface area contributed by atoms with Crippen LogP contribution < -0.4 is 0 Å². The molecule has 0 bridgehead atoms. The summed E-state index contributed by atoms with van der Waals surface area (Å²) in [6.45, 7) is 0. The topological polar surface area (TPSA) is 20.3 Å². The van der Waals surface area contributed by atoms with Gasteiger partial charge in [-0.2, -0.15) is 0 Å². The van der Waals surface area contributed by atoms with Crippen LogP contribution in [-0.4, -0.2) is 27.2 Å². The van der Waals surface area contributed by atoms with Crippen molar-refractivity contribution in [3.8, 4) is 0 Å². The lowest BCUT2D eigenvalue weighted by atomic mass is 9.83. The number of benzene rings is 1. The second-order valence-corrected chi connectivity index (χ2v) is 7.86. The molecule has 20 heavy (non-hydrogen) atoms. The van der Waals surface area contributed by atoms with Crippen molar-refractivity contribution in [2.75, 3.05) is 0 Å². The molecule has 2 heterocycles. The number of carbonyl (C=O) groups is 1. The number of fused-ring (bicyclic) bond motifs is 1. The molecule has 0 aromatic heterocycles. The van der Waals surface area contributed by atoms with Crippen LogP contribution in [0, 0.1) is 0 Å². The summed E-state index contributed by atoms with van der Waals surface area (Å²) >= 11 is 8.44. The van der Waals surface area contributed by atoms with Gasteiger partial charge in [-0.3, -0.25) is 4.90 Å². The molecule has 0 spiro atoms. The number of alkyl halides is 1. The molecule has 0 radical (unpaired) electrons. The molecule has 0 aliphatic carbocycles. The Hall–Kier alpha value is -0.130. The largest absolute Gasteiger partial charge is 0.302 e. The standard InChI is InChI=1S/C16H19ClINO/c17-12-6-4-11(5-7-12)15-3-1-2-13-8-9-14(18)16(10-20)19(13)15/h4-7,10,13-16H,1-3,8-9H2. The van der Waals surface area contributed by atoms with Crippen molar-refractivity contribution in [2.24, 2.45) is 0 Å². The van der Waals surface area contributed by atoms with E-state index in [1.165, 1.54) is 31.2 Å². The van der Waals surface area contributed by atoms with E-state index in [9.17, 15) is 4.79 Å². The number of nitrogens with zero attached hydrogens (tertiary/aromatic N) is 1. The molecule has 3 rings (SSSR count). The number of piperidine rings is 2. The monoisotopic (exact) mass is 403 g/mol. The summed E-state index contributed by atoms with van der Waals surface area (Å²) in [5.41, 5.74) is 1.30. The fourth-order valence-corrected chi connectivity index (χ4v) is 4.76. The second-order valence-electron chi connectivity index (χ2n) is 5.82. The van der Waals surface area contributed by atoms with Crippen molar-refractivity contribution in [3.63, 3.8) is 0 Å². The van der Waals surface area contributed by atoms with Gasteiger partial charge in [0.15, 0.2) is 0 Å². The molecule has 0 saturated carbocycles. The Bertz CT molecular complexity index is 478. The third-order valence-electron chi connectivity index (χ3n) is 4.68. The minimum atomic E-state index is 0.0651. The molecule has 2 saturated heterocycles. The van der Waals surface area contributed by atoms with Gasteiger partial charge in [-0.1, -0.05) is 46.3 Å². The highest BCUT2D eigenvalue weighted by Gasteiger charge is 2.42. The quantitative estimate of drug-likeness (QED) is 0.414. The van der Waals surface area contributed by atoms with E-state index in [-0.39, 0.29) is 6.04 Å². The molecule has 0 amide bonds. The fourth-order valence-electron chi connectivity index (χ4n) is 3.73. The van der Waals surface area contributed by atoms with Gasteiger partial charge in [-0.15, -0.1) is 0 Å². The van der Waals surface area contributed by atoms with Crippen LogP contribution in [0.1, 0.15) is 43.7 Å². The minimum Gasteiger partial charge on any atom is -0.302 e. The summed E-state index contributed by atoms with van der Waals surface area (Å²) in [5.74, 6) is 0. The van der Waals surface area contributed by atoms with E-state index in [0.717, 1.165) is 17.7 Å². The number of rotatable bonds is 2. The Kier molecular flexibility index (Phi) is 4.68. The number of hydrogen-bond donors (Lipinski definition) is 0. The summed E-state index contributed by atoms with van der Waals surface area (Å²) in [7, 11) is 0. The van der Waals surface area contributed by atoms with Crippen molar-refractivity contribution < 1.29 is 4.79 Å². The Balaban J connectivity index is 1.92. The van der Waals surface area contributed by atoms with E-state index >= 15 is 0 Å². The zero-order chi connectivity index (χ0) is 14.1. The Labute approximate surface area is 139 Å². The first kappa shape index (κ1) is 14.8. The summed E-state index contributed by atoms with van der Waals surface area (Å²) in [5, 5.41) is 0.776. The summed E-state index contributed by atoms with van der Waals surface area (Å²) in [6.07, 6.45) is 7.19. The van der Waals surface area contributed by atoms with Crippen molar-refractivity contribution in [3.05, 3.63) is 34.9 Å². The van der Waals surface area contributed by atoms with Crippen LogP contribution in [-0.2, 0) is 4.79 Å². The van der Waals surface area contributed by atoms with E-state index in [1.54, 1.807) is 0 Å². The molecule has 2 aliphatic rings. The fraction of sp³-hybridized carbons (Fsp3) is 0.562. The van der Waals surface area contributed by atoms with Crippen LogP contribution in [0.4, 0.5) is 0 Å². The number of halogens is 2. The van der Waals surface area contributed by atoms with Crippen LogP contribution in [0.5, 0.6) is 0 Å². The Morgan fingerprint density at radius 1 is 1.15 bits per heavy atom. The van der Waals surface area contributed by atoms with Gasteiger partial charge in [0.25, 0.3) is 0 Å². The molecule has 4 atom stereocenters. The van der Waals surface area contributed by atoms with Crippen LogP contribution in [0.25, 0.3) is 0 Å². The van der Waals surface area contributed by atoms with Gasteiger partial charge in [0.2, 0.25) is 0 Å². The lowest BCUT2D eigenvalue weighted by Gasteiger charge is -2.50. The third kappa shape index (κ3) is 2.77. The van der Waals surface area contributed by atoms with Gasteiger partial charge < -0.3 is 4.79 Å². The maximum absolute atomic E-state index is 11.6. The molecule has 4 heteroatoms. The zero-order valence-corrected chi connectivity index (χ0v) is 14.3. The van der Waals surface area contributed by atoms with E-state index < -0.39 is 0 Å². The summed E-state index contributed by atoms with van der Waals surface area (Å²) in [4.78, 5) is 14.1. The average molecular weight is 404 g/mol. The smallest absolute Gasteiger partial charge is 0.138 e. The van der Waals surface area contributed by atoms with Gasteiger partial charge in [0.05, 0.1) is 6.04 Å². The van der Waals surface area contributed by atoms with E-state index in [0.29, 0.717) is 16.0 Å². The summed E-state index contributed by atoms with van der Waals surface area (Å²) < 4.78 is 0.439. The molecular weight excluding hydrogens is 385 g/mol. The highest BCUT2D eigenvalue weighted by atomic mass is 127. The van der Waals surface area contributed by atoms with Crippen molar-refractivity contribution >= 4 is 40.5 Å². The number of aldehydes is 1. The molecule has 4 unspecified atom stereocenters. The van der Waals surface area contributed by atoms with Gasteiger partial charge in [-0.05, 0) is 49.8 Å². The van der Waals surface area contributed by atoms with E-state index in [1.807, 2.05) is 12.1 Å². The molecule has 1 aromatic rings. The maximum atomic E-state index is 11.6. The van der Waals surface area contributed by atoms with Crippen molar-refractivity contribution in [1.82, 2.24) is 4.90 Å². The van der Waals surface area contributed by atoms with Gasteiger partial charge in [-0.25, -0.2) is 0 Å². The first-order valence-electron chi connectivity index (χ1n) is 7.33. The molecule has 0 N–H and O–H groups in total. The average Bonchev–Trinajstić information content (AvgIpc) is 2.47. The van der Waals surface area contributed by atoms with Gasteiger partial charge >= 0.3 is 0 Å². The highest BCUT2D eigenvalue weighted by molar-refractivity contribution is 14.1. The van der Waals surface area contributed by atoms with Gasteiger partial charge in [0.1, 0.15) is 6.29 Å². The maximum Gasteiger partial charge on any atom is 0.138 e. The van der Waals surface area contributed by atoms with E-state index in [2.05, 4.69) is 39.6 Å². The predicted octanol–water partition coefficient (Wildman–Crippen LogP) is 4.40. The summed E-state index contributed by atoms with van der Waals surface area (Å²) in [6, 6.07) is 9.17. The Morgan fingerprint density at radius 2 is 1.90 bits per heavy atom. The first-order valence-corrected chi connectivity index (χ1v) is 8.95.